The number of nitrogens with one attached hydrogen (secondary N) is 1. The number of likely N-dealkylation sites (N-methyl/N-ethyl adjacent to an activating group) is 1. The number of carbonyl (C=O) groups excluding carboxylic acids is 2. The minimum absolute atomic E-state index is 0.200. The standard InChI is InChI=1S/C26H34N2O8/c1-7-31-21(29)16-13(12-28(6)26(16)14-10-8-9-11-15(14)27-23(26)30)17-18-19(34-24(2,3)33-18)20-22(32-17)36-25(4,5)35-20/h8-11,13,16-20,22H,7,12H2,1-6H3,(H,27,30)/t13-,16-,17+,18-,19-,20+,22+,26+/m0/s1. The lowest BCUT2D eigenvalue weighted by Crippen LogP contribution is -2.59. The summed E-state index contributed by atoms with van der Waals surface area (Å²) in [6.07, 6.45) is -2.76. The van der Waals surface area contributed by atoms with Gasteiger partial charge in [-0.25, -0.2) is 0 Å². The van der Waals surface area contributed by atoms with Crippen molar-refractivity contribution in [2.24, 2.45) is 11.8 Å². The Hall–Kier alpha value is -2.08. The number of benzene rings is 1. The van der Waals surface area contributed by atoms with Crippen LogP contribution in [0.15, 0.2) is 24.3 Å². The first-order valence-electron chi connectivity index (χ1n) is 12.6. The van der Waals surface area contributed by atoms with E-state index in [0.29, 0.717) is 12.2 Å². The zero-order valence-corrected chi connectivity index (χ0v) is 21.5. The summed E-state index contributed by atoms with van der Waals surface area (Å²) in [7, 11) is 1.87. The van der Waals surface area contributed by atoms with Crippen molar-refractivity contribution >= 4 is 17.6 Å². The van der Waals surface area contributed by atoms with E-state index in [1.807, 2.05) is 63.9 Å². The minimum Gasteiger partial charge on any atom is -0.466 e. The summed E-state index contributed by atoms with van der Waals surface area (Å²) < 4.78 is 37.0. The third-order valence-corrected chi connectivity index (χ3v) is 8.05. The summed E-state index contributed by atoms with van der Waals surface area (Å²) in [6, 6.07) is 7.49. The molecule has 36 heavy (non-hydrogen) atoms. The summed E-state index contributed by atoms with van der Waals surface area (Å²) in [5.41, 5.74) is 0.223. The van der Waals surface area contributed by atoms with Crippen molar-refractivity contribution in [3.05, 3.63) is 29.8 Å². The number of amides is 1. The fraction of sp³-hybridized carbons (Fsp3) is 0.692. The van der Waals surface area contributed by atoms with E-state index in [-0.39, 0.29) is 12.5 Å². The number of hydrogen-bond acceptors (Lipinski definition) is 9. The fourth-order valence-corrected chi connectivity index (χ4v) is 6.92. The van der Waals surface area contributed by atoms with Gasteiger partial charge in [0.15, 0.2) is 17.9 Å². The van der Waals surface area contributed by atoms with Gasteiger partial charge >= 0.3 is 5.97 Å². The number of esters is 1. The van der Waals surface area contributed by atoms with Crippen LogP contribution in [0.5, 0.6) is 0 Å². The predicted octanol–water partition coefficient (Wildman–Crippen LogP) is 1.97. The average molecular weight is 503 g/mol. The Morgan fingerprint density at radius 3 is 2.39 bits per heavy atom. The third-order valence-electron chi connectivity index (χ3n) is 8.05. The molecule has 0 aromatic heterocycles. The number of rotatable bonds is 3. The number of hydrogen-bond donors (Lipinski definition) is 1. The zero-order valence-electron chi connectivity index (χ0n) is 21.5. The van der Waals surface area contributed by atoms with Crippen LogP contribution < -0.4 is 5.32 Å². The molecule has 0 aliphatic carbocycles. The number of ether oxygens (including phenoxy) is 6. The molecule has 4 fully saturated rings. The second-order valence-electron chi connectivity index (χ2n) is 11.2. The summed E-state index contributed by atoms with van der Waals surface area (Å²) in [6.45, 7) is 9.74. The van der Waals surface area contributed by atoms with Crippen LogP contribution in [0.3, 0.4) is 0 Å². The fourth-order valence-electron chi connectivity index (χ4n) is 6.92. The molecule has 0 radical (unpaired) electrons. The van der Waals surface area contributed by atoms with Crippen LogP contribution >= 0.6 is 0 Å². The van der Waals surface area contributed by atoms with Gasteiger partial charge in [-0.15, -0.1) is 0 Å². The molecule has 0 bridgehead atoms. The molecule has 6 rings (SSSR count). The molecule has 0 unspecified atom stereocenters. The highest BCUT2D eigenvalue weighted by atomic mass is 16.9. The lowest BCUT2D eigenvalue weighted by molar-refractivity contribution is -0.247. The van der Waals surface area contributed by atoms with Gasteiger partial charge in [0.1, 0.15) is 23.9 Å². The first-order chi connectivity index (χ1) is 17.0. The maximum absolute atomic E-state index is 13.7. The minimum atomic E-state index is -1.23. The van der Waals surface area contributed by atoms with Crippen LogP contribution in [0.25, 0.3) is 0 Å². The monoisotopic (exact) mass is 502 g/mol. The van der Waals surface area contributed by atoms with Crippen molar-refractivity contribution < 1.29 is 38.0 Å². The van der Waals surface area contributed by atoms with E-state index in [2.05, 4.69) is 5.32 Å². The molecule has 1 N–H and O–H groups in total. The second-order valence-corrected chi connectivity index (χ2v) is 11.2. The van der Waals surface area contributed by atoms with E-state index >= 15 is 0 Å². The van der Waals surface area contributed by atoms with Gasteiger partial charge in [0, 0.05) is 23.7 Å². The van der Waals surface area contributed by atoms with Crippen molar-refractivity contribution in [3.63, 3.8) is 0 Å². The zero-order chi connectivity index (χ0) is 25.6. The molecule has 1 aromatic carbocycles. The Balaban J connectivity index is 1.45. The smallest absolute Gasteiger partial charge is 0.312 e. The molecule has 1 spiro atoms. The molecule has 0 saturated carbocycles. The Labute approximate surface area is 210 Å². The molecular weight excluding hydrogens is 468 g/mol. The van der Waals surface area contributed by atoms with E-state index in [4.69, 9.17) is 28.4 Å². The van der Waals surface area contributed by atoms with Crippen molar-refractivity contribution in [3.8, 4) is 0 Å². The van der Waals surface area contributed by atoms with Crippen LogP contribution in [0.1, 0.15) is 40.2 Å². The Morgan fingerprint density at radius 1 is 1.03 bits per heavy atom. The van der Waals surface area contributed by atoms with Crippen molar-refractivity contribution in [2.75, 3.05) is 25.5 Å². The quantitative estimate of drug-likeness (QED) is 0.621. The molecule has 196 valence electrons. The lowest BCUT2D eigenvalue weighted by Gasteiger charge is -2.41. The number of anilines is 1. The number of likely N-dealkylation sites (tertiary alicyclic amines) is 1. The Bertz CT molecular complexity index is 1090. The maximum atomic E-state index is 13.7. The Kier molecular flexibility index (Phi) is 5.36. The van der Waals surface area contributed by atoms with Crippen LogP contribution in [-0.2, 0) is 43.5 Å². The third kappa shape index (κ3) is 3.32. The number of fused-ring (bicyclic) bond motifs is 5. The molecule has 1 amide bonds. The molecule has 10 heteroatoms. The predicted molar refractivity (Wildman–Crippen MR) is 126 cm³/mol. The lowest BCUT2D eigenvalue weighted by atomic mass is 9.72. The van der Waals surface area contributed by atoms with E-state index in [1.165, 1.54) is 0 Å². The van der Waals surface area contributed by atoms with Gasteiger partial charge < -0.3 is 33.7 Å². The first kappa shape index (κ1) is 24.3. The highest BCUT2D eigenvalue weighted by Crippen LogP contribution is 2.56. The van der Waals surface area contributed by atoms with Gasteiger partial charge in [-0.3, -0.25) is 14.5 Å². The summed E-state index contributed by atoms with van der Waals surface area (Å²) in [4.78, 5) is 29.4. The number of nitrogens with zero attached hydrogens (tertiary/aromatic N) is 1. The van der Waals surface area contributed by atoms with Gasteiger partial charge in [0.2, 0.25) is 0 Å². The molecule has 5 heterocycles. The van der Waals surface area contributed by atoms with Crippen LogP contribution in [0.4, 0.5) is 5.69 Å². The molecular formula is C26H34N2O8. The number of carbonyl (C=O) groups is 2. The molecule has 1 aromatic rings. The van der Waals surface area contributed by atoms with Gasteiger partial charge in [-0.2, -0.15) is 0 Å². The topological polar surface area (TPSA) is 105 Å². The SMILES string of the molecule is CCOC(=O)[C@@H]1[C@@H]([C@H]2O[C@@H]3OC(C)(C)O[C@@H]3[C@H]3OC(C)(C)O[C@H]32)CN(C)[C@@]12C(=O)Nc1ccccc12. The van der Waals surface area contributed by atoms with E-state index in [1.54, 1.807) is 6.92 Å². The van der Waals surface area contributed by atoms with E-state index in [0.717, 1.165) is 5.56 Å². The van der Waals surface area contributed by atoms with Gasteiger partial charge in [0.25, 0.3) is 5.91 Å². The normalized spacial score (nSPS) is 42.2. The Morgan fingerprint density at radius 2 is 1.67 bits per heavy atom. The molecule has 4 saturated heterocycles. The van der Waals surface area contributed by atoms with Crippen LogP contribution in [0.2, 0.25) is 0 Å². The average Bonchev–Trinajstić information content (AvgIpc) is 3.47. The second kappa shape index (κ2) is 7.96. The first-order valence-corrected chi connectivity index (χ1v) is 12.6. The largest absolute Gasteiger partial charge is 0.466 e. The van der Waals surface area contributed by atoms with Crippen LogP contribution in [0, 0.1) is 11.8 Å². The van der Waals surface area contributed by atoms with Crippen molar-refractivity contribution in [1.82, 2.24) is 4.90 Å². The van der Waals surface area contributed by atoms with Crippen molar-refractivity contribution in [1.29, 1.82) is 0 Å². The van der Waals surface area contributed by atoms with Crippen LogP contribution in [-0.4, -0.2) is 79.3 Å². The summed E-state index contributed by atoms with van der Waals surface area (Å²) in [5.74, 6) is -3.70. The van der Waals surface area contributed by atoms with Gasteiger partial charge in [-0.1, -0.05) is 18.2 Å². The van der Waals surface area contributed by atoms with Crippen molar-refractivity contribution in [2.45, 2.75) is 82.4 Å². The molecule has 5 aliphatic heterocycles. The van der Waals surface area contributed by atoms with E-state index in [9.17, 15) is 9.59 Å². The van der Waals surface area contributed by atoms with Gasteiger partial charge in [0.05, 0.1) is 18.6 Å². The van der Waals surface area contributed by atoms with E-state index < -0.39 is 65.6 Å². The molecule has 10 nitrogen and oxygen atoms in total. The highest BCUT2D eigenvalue weighted by Gasteiger charge is 2.70. The maximum Gasteiger partial charge on any atom is 0.312 e. The molecule has 5 aliphatic rings. The summed E-state index contributed by atoms with van der Waals surface area (Å²) >= 11 is 0. The van der Waals surface area contributed by atoms with Gasteiger partial charge in [-0.05, 0) is 47.7 Å². The summed E-state index contributed by atoms with van der Waals surface area (Å²) in [5, 5.41) is 2.99. The molecule has 8 atom stereocenters. The highest BCUT2D eigenvalue weighted by molar-refractivity contribution is 6.08. The number of para-hydroxylation sites is 1.